The lowest BCUT2D eigenvalue weighted by molar-refractivity contribution is 0.0730. The van der Waals surface area contributed by atoms with Crippen LogP contribution < -0.4 is 5.32 Å². The molecule has 146 valence electrons. The van der Waals surface area contributed by atoms with Crippen molar-refractivity contribution in [3.05, 3.63) is 28.2 Å². The molecule has 0 radical (unpaired) electrons. The quantitative estimate of drug-likeness (QED) is 0.697. The predicted octanol–water partition coefficient (Wildman–Crippen LogP) is 3.02. The Hall–Kier alpha value is -0.960. The second-order valence-corrected chi connectivity index (χ2v) is 9.80. The Morgan fingerprint density at radius 2 is 1.88 bits per heavy atom. The Balaban J connectivity index is 2.17. The van der Waals surface area contributed by atoms with E-state index in [1.165, 1.54) is 16.4 Å². The molecule has 1 amide bonds. The minimum absolute atomic E-state index is 0.0244. The van der Waals surface area contributed by atoms with E-state index in [2.05, 4.69) is 35.1 Å². The van der Waals surface area contributed by atoms with Crippen LogP contribution in [0.2, 0.25) is 0 Å². The summed E-state index contributed by atoms with van der Waals surface area (Å²) in [6, 6.07) is 4.60. The number of nitrogens with one attached hydrogen (secondary N) is 1. The van der Waals surface area contributed by atoms with Crippen LogP contribution in [0.15, 0.2) is 27.6 Å². The zero-order chi connectivity index (χ0) is 19.3. The maximum absolute atomic E-state index is 12.8. The third-order valence-electron chi connectivity index (χ3n) is 4.34. The Morgan fingerprint density at radius 1 is 1.23 bits per heavy atom. The third-order valence-corrected chi connectivity index (χ3v) is 6.93. The molecular weight excluding hydrogens is 420 g/mol. The molecule has 6 nitrogen and oxygen atoms in total. The van der Waals surface area contributed by atoms with Gasteiger partial charge >= 0.3 is 0 Å². The molecule has 0 aliphatic carbocycles. The summed E-state index contributed by atoms with van der Waals surface area (Å²) in [5, 5.41) is 2.95. The molecule has 1 aliphatic rings. The van der Waals surface area contributed by atoms with Crippen LogP contribution in [0, 0.1) is 5.92 Å². The van der Waals surface area contributed by atoms with E-state index in [1.807, 2.05) is 6.92 Å². The molecule has 0 aromatic heterocycles. The first-order valence-electron chi connectivity index (χ1n) is 8.90. The maximum Gasteiger partial charge on any atom is 0.252 e. The lowest BCUT2D eigenvalue weighted by Crippen LogP contribution is -2.40. The second-order valence-electron chi connectivity index (χ2n) is 7.00. The number of hydrogen-bond acceptors (Lipinski definition) is 4. The van der Waals surface area contributed by atoms with Crippen LogP contribution in [0.5, 0.6) is 0 Å². The van der Waals surface area contributed by atoms with Gasteiger partial charge in [0.25, 0.3) is 5.91 Å². The summed E-state index contributed by atoms with van der Waals surface area (Å²) in [5.41, 5.74) is 0.329. The lowest BCUT2D eigenvalue weighted by Gasteiger charge is -2.26. The average molecular weight is 447 g/mol. The Bertz CT molecular complexity index is 731. The molecule has 2 rings (SSSR count). The Kier molecular flexibility index (Phi) is 7.63. The van der Waals surface area contributed by atoms with E-state index in [0.717, 1.165) is 12.8 Å². The molecule has 1 aromatic rings. The highest BCUT2D eigenvalue weighted by atomic mass is 79.9. The van der Waals surface area contributed by atoms with Gasteiger partial charge in [-0.25, -0.2) is 8.42 Å². The highest BCUT2D eigenvalue weighted by molar-refractivity contribution is 9.10. The van der Waals surface area contributed by atoms with E-state index in [-0.39, 0.29) is 16.8 Å². The van der Waals surface area contributed by atoms with Gasteiger partial charge < -0.3 is 10.1 Å². The summed E-state index contributed by atoms with van der Waals surface area (Å²) in [4.78, 5) is 12.7. The standard InChI is InChI=1S/C18H27BrN2O4S/c1-13(2)4-5-14(3)20-18(22)16-12-15(6-7-17(16)19)26(23,24)21-8-10-25-11-9-21/h6-7,12-14H,4-5,8-11H2,1-3H3,(H,20,22)/t14-/m1/s1. The molecular formula is C18H27BrN2O4S. The molecule has 1 aromatic carbocycles. The molecule has 8 heteroatoms. The van der Waals surface area contributed by atoms with Crippen molar-refractivity contribution in [2.75, 3.05) is 26.3 Å². The summed E-state index contributed by atoms with van der Waals surface area (Å²) in [5.74, 6) is 0.301. The first-order valence-corrected chi connectivity index (χ1v) is 11.1. The Labute approximate surface area is 164 Å². The number of halogens is 1. The van der Waals surface area contributed by atoms with Crippen LogP contribution in [-0.4, -0.2) is 51.0 Å². The summed E-state index contributed by atoms with van der Waals surface area (Å²) in [6.45, 7) is 7.67. The second kappa shape index (κ2) is 9.30. The summed E-state index contributed by atoms with van der Waals surface area (Å²) >= 11 is 3.36. The molecule has 0 bridgehead atoms. The smallest absolute Gasteiger partial charge is 0.252 e. The minimum Gasteiger partial charge on any atom is -0.379 e. The number of carbonyl (C=O) groups is 1. The van der Waals surface area contributed by atoms with Crippen molar-refractivity contribution in [1.82, 2.24) is 9.62 Å². The molecule has 0 unspecified atom stereocenters. The minimum atomic E-state index is -3.63. The molecule has 1 N–H and O–H groups in total. The molecule has 1 aliphatic heterocycles. The van der Waals surface area contributed by atoms with Crippen molar-refractivity contribution in [2.45, 2.75) is 44.6 Å². The fourth-order valence-corrected chi connectivity index (χ4v) is 4.59. The van der Waals surface area contributed by atoms with Crippen molar-refractivity contribution in [3.8, 4) is 0 Å². The monoisotopic (exact) mass is 446 g/mol. The zero-order valence-electron chi connectivity index (χ0n) is 15.5. The average Bonchev–Trinajstić information content (AvgIpc) is 2.60. The summed E-state index contributed by atoms with van der Waals surface area (Å²) < 4.78 is 32.8. The zero-order valence-corrected chi connectivity index (χ0v) is 17.9. The molecule has 26 heavy (non-hydrogen) atoms. The largest absolute Gasteiger partial charge is 0.379 e. The fourth-order valence-electron chi connectivity index (χ4n) is 2.73. The van der Waals surface area contributed by atoms with Gasteiger partial charge in [-0.2, -0.15) is 4.31 Å². The molecule has 1 atom stereocenters. The van der Waals surface area contributed by atoms with E-state index >= 15 is 0 Å². The molecule has 0 saturated carbocycles. The highest BCUT2D eigenvalue weighted by Crippen LogP contribution is 2.24. The SMILES string of the molecule is CC(C)CC[C@@H](C)NC(=O)c1cc(S(=O)(=O)N2CCOCC2)ccc1Br. The van der Waals surface area contributed by atoms with Gasteiger partial charge in [0.2, 0.25) is 10.0 Å². The van der Waals surface area contributed by atoms with E-state index < -0.39 is 10.0 Å². The van der Waals surface area contributed by atoms with Gasteiger partial charge in [0, 0.05) is 23.6 Å². The van der Waals surface area contributed by atoms with Gasteiger partial charge in [-0.05, 0) is 59.8 Å². The van der Waals surface area contributed by atoms with Crippen LogP contribution in [0.3, 0.4) is 0 Å². The summed E-state index contributed by atoms with van der Waals surface area (Å²) in [7, 11) is -3.63. The number of sulfonamides is 1. The van der Waals surface area contributed by atoms with E-state index in [0.29, 0.717) is 42.3 Å². The third kappa shape index (κ3) is 5.52. The number of benzene rings is 1. The van der Waals surface area contributed by atoms with Gasteiger partial charge in [-0.3, -0.25) is 4.79 Å². The van der Waals surface area contributed by atoms with Crippen molar-refractivity contribution < 1.29 is 17.9 Å². The molecule has 1 saturated heterocycles. The number of nitrogens with zero attached hydrogens (tertiary/aromatic N) is 1. The first kappa shape index (κ1) is 21.3. The number of ether oxygens (including phenoxy) is 1. The normalized spacial score (nSPS) is 17.3. The molecule has 1 fully saturated rings. The predicted molar refractivity (Wildman–Crippen MR) is 105 cm³/mol. The van der Waals surface area contributed by atoms with Crippen LogP contribution >= 0.6 is 15.9 Å². The van der Waals surface area contributed by atoms with Gasteiger partial charge in [0.15, 0.2) is 0 Å². The van der Waals surface area contributed by atoms with Crippen LogP contribution in [0.1, 0.15) is 44.0 Å². The van der Waals surface area contributed by atoms with E-state index in [1.54, 1.807) is 6.07 Å². The molecule has 0 spiro atoms. The Morgan fingerprint density at radius 3 is 2.50 bits per heavy atom. The van der Waals surface area contributed by atoms with Crippen molar-refractivity contribution in [2.24, 2.45) is 5.92 Å². The lowest BCUT2D eigenvalue weighted by atomic mass is 10.0. The van der Waals surface area contributed by atoms with Crippen molar-refractivity contribution in [1.29, 1.82) is 0 Å². The maximum atomic E-state index is 12.8. The van der Waals surface area contributed by atoms with Crippen molar-refractivity contribution in [3.63, 3.8) is 0 Å². The van der Waals surface area contributed by atoms with E-state index in [9.17, 15) is 13.2 Å². The van der Waals surface area contributed by atoms with Gasteiger partial charge in [-0.1, -0.05) is 13.8 Å². The van der Waals surface area contributed by atoms with Gasteiger partial charge in [-0.15, -0.1) is 0 Å². The van der Waals surface area contributed by atoms with Gasteiger partial charge in [0.05, 0.1) is 23.7 Å². The van der Waals surface area contributed by atoms with Crippen LogP contribution in [0.4, 0.5) is 0 Å². The molecule has 1 heterocycles. The van der Waals surface area contributed by atoms with Gasteiger partial charge in [0.1, 0.15) is 0 Å². The highest BCUT2D eigenvalue weighted by Gasteiger charge is 2.27. The number of hydrogen-bond donors (Lipinski definition) is 1. The van der Waals surface area contributed by atoms with E-state index in [4.69, 9.17) is 4.74 Å². The van der Waals surface area contributed by atoms with Crippen LogP contribution in [0.25, 0.3) is 0 Å². The van der Waals surface area contributed by atoms with Crippen molar-refractivity contribution >= 4 is 31.9 Å². The number of carbonyl (C=O) groups excluding carboxylic acids is 1. The fraction of sp³-hybridized carbons (Fsp3) is 0.611. The number of rotatable bonds is 7. The first-order chi connectivity index (χ1) is 12.2. The topological polar surface area (TPSA) is 75.7 Å². The van der Waals surface area contributed by atoms with Crippen LogP contribution in [-0.2, 0) is 14.8 Å². The number of morpholine rings is 1. The number of amides is 1. The summed E-state index contributed by atoms with van der Waals surface area (Å²) in [6.07, 6.45) is 1.90.